The molecule has 1 aromatic carbocycles. The molecule has 1 aliphatic carbocycles. The third-order valence-corrected chi connectivity index (χ3v) is 8.12. The summed E-state index contributed by atoms with van der Waals surface area (Å²) >= 11 is 13.8. The molecule has 2 heterocycles. The van der Waals surface area contributed by atoms with Crippen molar-refractivity contribution in [2.75, 3.05) is 5.32 Å². The predicted molar refractivity (Wildman–Crippen MR) is 116 cm³/mol. The van der Waals surface area contributed by atoms with E-state index in [0.29, 0.717) is 21.9 Å². The molecule has 1 amide bonds. The fraction of sp³-hybridized carbons (Fsp3) is 0.476. The number of anilines is 1. The van der Waals surface area contributed by atoms with Crippen molar-refractivity contribution in [2.24, 2.45) is 11.3 Å². The molecule has 28 heavy (non-hydrogen) atoms. The Kier molecular flexibility index (Phi) is 5.05. The van der Waals surface area contributed by atoms with Gasteiger partial charge in [-0.2, -0.15) is 0 Å². The van der Waals surface area contributed by atoms with Gasteiger partial charge in [-0.05, 0) is 48.3 Å². The number of fused-ring (bicyclic) bond motifs is 3. The van der Waals surface area contributed by atoms with E-state index in [2.05, 4.69) is 31.4 Å². The second-order valence-corrected chi connectivity index (χ2v) is 10.3. The minimum absolute atomic E-state index is 0.0709. The molecule has 0 radical (unpaired) electrons. The van der Waals surface area contributed by atoms with Crippen LogP contribution < -0.4 is 10.6 Å². The quantitative estimate of drug-likeness (QED) is 0.537. The Bertz CT molecular complexity index is 954. The maximum Gasteiger partial charge on any atom is 0.256 e. The molecule has 0 spiro atoms. The first kappa shape index (κ1) is 19.9. The number of hydrogen-bond donors (Lipinski definition) is 3. The summed E-state index contributed by atoms with van der Waals surface area (Å²) in [6.45, 7) is 6.92. The first-order chi connectivity index (χ1) is 13.2. The van der Waals surface area contributed by atoms with E-state index in [1.807, 2.05) is 0 Å². The lowest BCUT2D eigenvalue weighted by Gasteiger charge is -2.36. The number of amides is 1. The molecular weight excluding hydrogens is 415 g/mol. The molecule has 150 valence electrons. The molecule has 3 N–H and O–H groups in total. The molecule has 2 aliphatic rings. The van der Waals surface area contributed by atoms with Crippen molar-refractivity contribution in [2.45, 2.75) is 52.6 Å². The lowest BCUT2D eigenvalue weighted by Crippen LogP contribution is -2.38. The van der Waals surface area contributed by atoms with Crippen LogP contribution >= 0.6 is 34.5 Å². The van der Waals surface area contributed by atoms with E-state index in [9.17, 15) is 9.90 Å². The highest BCUT2D eigenvalue weighted by Gasteiger charge is 2.37. The van der Waals surface area contributed by atoms with Crippen LogP contribution in [0.5, 0.6) is 5.75 Å². The van der Waals surface area contributed by atoms with Gasteiger partial charge in [-0.25, -0.2) is 0 Å². The fourth-order valence-corrected chi connectivity index (χ4v) is 6.08. The third kappa shape index (κ3) is 3.27. The Labute approximate surface area is 179 Å². The second kappa shape index (κ2) is 7.12. The van der Waals surface area contributed by atoms with Gasteiger partial charge in [0.25, 0.3) is 5.91 Å². The smallest absolute Gasteiger partial charge is 0.256 e. The van der Waals surface area contributed by atoms with Gasteiger partial charge in [-0.1, -0.05) is 50.4 Å². The van der Waals surface area contributed by atoms with E-state index >= 15 is 0 Å². The number of nitrogens with one attached hydrogen (secondary N) is 2. The number of halogens is 2. The van der Waals surface area contributed by atoms with Gasteiger partial charge in [0.2, 0.25) is 0 Å². The zero-order chi connectivity index (χ0) is 20.2. The number of phenolic OH excluding ortho intramolecular Hbond substituents is 1. The SMILES string of the molecule is CCC(C)(C)[C@@H]1CCc2c(sc3c2C(=O)N[C@@H](c2cc(Cl)cc(Cl)c2O)N3)C1. The van der Waals surface area contributed by atoms with Gasteiger partial charge in [0.1, 0.15) is 16.9 Å². The molecule has 1 aromatic heterocycles. The van der Waals surface area contributed by atoms with E-state index in [0.717, 1.165) is 36.2 Å². The average Bonchev–Trinajstić information content (AvgIpc) is 3.02. The van der Waals surface area contributed by atoms with Gasteiger partial charge in [0.15, 0.2) is 0 Å². The highest BCUT2D eigenvalue weighted by Crippen LogP contribution is 2.47. The monoisotopic (exact) mass is 438 g/mol. The number of carbonyl (C=O) groups is 1. The number of benzene rings is 1. The zero-order valence-electron chi connectivity index (χ0n) is 16.2. The Morgan fingerprint density at radius 2 is 2.04 bits per heavy atom. The highest BCUT2D eigenvalue weighted by molar-refractivity contribution is 7.16. The number of rotatable bonds is 3. The van der Waals surface area contributed by atoms with Crippen LogP contribution in [-0.2, 0) is 12.8 Å². The molecule has 0 saturated heterocycles. The Balaban J connectivity index is 1.67. The summed E-state index contributed by atoms with van der Waals surface area (Å²) in [7, 11) is 0. The Hall–Kier alpha value is -1.43. The maximum absolute atomic E-state index is 12.9. The maximum atomic E-state index is 12.9. The van der Waals surface area contributed by atoms with E-state index < -0.39 is 6.17 Å². The van der Waals surface area contributed by atoms with E-state index in [4.69, 9.17) is 23.2 Å². The molecule has 0 saturated carbocycles. The lowest BCUT2D eigenvalue weighted by atomic mass is 9.69. The minimum Gasteiger partial charge on any atom is -0.506 e. The van der Waals surface area contributed by atoms with Crippen molar-refractivity contribution in [1.29, 1.82) is 0 Å². The molecule has 4 nitrogen and oxygen atoms in total. The van der Waals surface area contributed by atoms with Gasteiger partial charge >= 0.3 is 0 Å². The number of hydrogen-bond acceptors (Lipinski definition) is 4. The molecule has 0 bridgehead atoms. The summed E-state index contributed by atoms with van der Waals surface area (Å²) in [5, 5.41) is 18.1. The van der Waals surface area contributed by atoms with Crippen LogP contribution in [0.15, 0.2) is 12.1 Å². The van der Waals surface area contributed by atoms with Crippen molar-refractivity contribution in [3.8, 4) is 5.75 Å². The molecule has 4 rings (SSSR count). The second-order valence-electron chi connectivity index (χ2n) is 8.37. The molecule has 2 aromatic rings. The fourth-order valence-electron chi connectivity index (χ4n) is 4.22. The number of phenols is 1. The van der Waals surface area contributed by atoms with Crippen molar-refractivity contribution < 1.29 is 9.90 Å². The summed E-state index contributed by atoms with van der Waals surface area (Å²) in [5.41, 5.74) is 2.70. The molecule has 0 unspecified atom stereocenters. The summed E-state index contributed by atoms with van der Waals surface area (Å²) in [4.78, 5) is 14.2. The van der Waals surface area contributed by atoms with Crippen LogP contribution in [0.25, 0.3) is 0 Å². The number of aromatic hydroxyl groups is 1. The average molecular weight is 439 g/mol. The van der Waals surface area contributed by atoms with Crippen LogP contribution in [0, 0.1) is 11.3 Å². The van der Waals surface area contributed by atoms with Crippen molar-refractivity contribution >= 4 is 45.4 Å². The lowest BCUT2D eigenvalue weighted by molar-refractivity contribution is 0.0934. The summed E-state index contributed by atoms with van der Waals surface area (Å²) in [5.74, 6) is 0.443. The van der Waals surface area contributed by atoms with Gasteiger partial charge in [0.05, 0.1) is 10.6 Å². The summed E-state index contributed by atoms with van der Waals surface area (Å²) < 4.78 is 0. The first-order valence-electron chi connectivity index (χ1n) is 9.61. The first-order valence-corrected chi connectivity index (χ1v) is 11.2. The number of carbonyl (C=O) groups excluding carboxylic acids is 1. The zero-order valence-corrected chi connectivity index (χ0v) is 18.5. The third-order valence-electron chi connectivity index (χ3n) is 6.43. The van der Waals surface area contributed by atoms with Gasteiger partial charge in [-0.15, -0.1) is 11.3 Å². The largest absolute Gasteiger partial charge is 0.506 e. The molecular formula is C21H24Cl2N2O2S. The molecule has 1 aliphatic heterocycles. The van der Waals surface area contributed by atoms with Gasteiger partial charge < -0.3 is 15.7 Å². The Morgan fingerprint density at radius 3 is 2.75 bits per heavy atom. The molecule has 2 atom stereocenters. The van der Waals surface area contributed by atoms with Gasteiger partial charge in [-0.3, -0.25) is 4.79 Å². The van der Waals surface area contributed by atoms with E-state index in [1.54, 1.807) is 17.4 Å². The minimum atomic E-state index is -0.570. The van der Waals surface area contributed by atoms with Crippen LogP contribution in [0.1, 0.15) is 66.1 Å². The van der Waals surface area contributed by atoms with Crippen LogP contribution in [0.2, 0.25) is 10.0 Å². The van der Waals surface area contributed by atoms with Crippen LogP contribution in [0.3, 0.4) is 0 Å². The van der Waals surface area contributed by atoms with Crippen LogP contribution in [-0.4, -0.2) is 11.0 Å². The van der Waals surface area contributed by atoms with Crippen molar-refractivity contribution in [3.63, 3.8) is 0 Å². The summed E-state index contributed by atoms with van der Waals surface area (Å²) in [6, 6.07) is 3.11. The highest BCUT2D eigenvalue weighted by atomic mass is 35.5. The van der Waals surface area contributed by atoms with Crippen molar-refractivity contribution in [1.82, 2.24) is 5.32 Å². The standard InChI is InChI=1S/C21H24Cl2N2O2S/c1-4-21(2,3)10-5-6-12-15(7-10)28-20-16(12)19(27)24-18(25-20)13-8-11(22)9-14(23)17(13)26/h8-10,18,25-26H,4-7H2,1-3H3,(H,24,27)/t10-,18-/m1/s1. The summed E-state index contributed by atoms with van der Waals surface area (Å²) in [6.07, 6.45) is 3.64. The molecule has 0 fully saturated rings. The topological polar surface area (TPSA) is 61.4 Å². The van der Waals surface area contributed by atoms with E-state index in [1.165, 1.54) is 16.5 Å². The predicted octanol–water partition coefficient (Wildman–Crippen LogP) is 6.16. The number of thiophene rings is 1. The van der Waals surface area contributed by atoms with Gasteiger partial charge in [0, 0.05) is 15.5 Å². The van der Waals surface area contributed by atoms with Crippen molar-refractivity contribution in [3.05, 3.63) is 43.7 Å². The van der Waals surface area contributed by atoms with E-state index in [-0.39, 0.29) is 16.7 Å². The molecule has 7 heteroatoms. The van der Waals surface area contributed by atoms with Crippen LogP contribution in [0.4, 0.5) is 5.00 Å². The normalized spacial score (nSPS) is 21.5. The Morgan fingerprint density at radius 1 is 1.29 bits per heavy atom.